The van der Waals surface area contributed by atoms with Crippen LogP contribution in [0.4, 0.5) is 0 Å². The molecular weight excluding hydrogens is 218 g/mol. The van der Waals surface area contributed by atoms with Crippen molar-refractivity contribution >= 4 is 0 Å². The van der Waals surface area contributed by atoms with E-state index in [0.29, 0.717) is 0 Å². The number of hydrogen-bond donors (Lipinski definition) is 2. The molecule has 0 aliphatic rings. The van der Waals surface area contributed by atoms with Crippen molar-refractivity contribution in [3.05, 3.63) is 35.9 Å². The van der Waals surface area contributed by atoms with E-state index in [1.807, 2.05) is 30.3 Å². The van der Waals surface area contributed by atoms with Crippen LogP contribution in [0, 0.1) is 0 Å². The third kappa shape index (κ3) is 4.83. The molecule has 0 saturated carbocycles. The summed E-state index contributed by atoms with van der Waals surface area (Å²) in [6.45, 7) is 0.807. The van der Waals surface area contributed by atoms with Gasteiger partial charge >= 0.3 is 0 Å². The predicted octanol–water partition coefficient (Wildman–Crippen LogP) is 1.32. The Balaban J connectivity index is 2.38. The van der Waals surface area contributed by atoms with Crippen LogP contribution in [0.3, 0.4) is 0 Å². The summed E-state index contributed by atoms with van der Waals surface area (Å²) in [5.74, 6) is 0. The number of hydrogen-bond acceptors (Lipinski definition) is 4. The lowest BCUT2D eigenvalue weighted by atomic mass is 10.1. The van der Waals surface area contributed by atoms with Gasteiger partial charge in [0.05, 0.1) is 12.6 Å². The van der Waals surface area contributed by atoms with E-state index >= 15 is 0 Å². The van der Waals surface area contributed by atoms with Crippen molar-refractivity contribution in [2.75, 3.05) is 27.4 Å². The second-order valence-corrected chi connectivity index (χ2v) is 3.79. The molecule has 0 unspecified atom stereocenters. The van der Waals surface area contributed by atoms with Crippen molar-refractivity contribution in [1.29, 1.82) is 0 Å². The number of rotatable bonds is 8. The summed E-state index contributed by atoms with van der Waals surface area (Å²) < 4.78 is 10.2. The third-order valence-electron chi connectivity index (χ3n) is 2.68. The lowest BCUT2D eigenvalue weighted by Gasteiger charge is -2.19. The van der Waals surface area contributed by atoms with Gasteiger partial charge in [0.25, 0.3) is 0 Å². The maximum absolute atomic E-state index is 9.33. The van der Waals surface area contributed by atoms with E-state index < -0.39 is 0 Å². The topological polar surface area (TPSA) is 50.7 Å². The van der Waals surface area contributed by atoms with E-state index in [1.54, 1.807) is 14.2 Å². The lowest BCUT2D eigenvalue weighted by molar-refractivity contribution is -0.105. The van der Waals surface area contributed by atoms with E-state index in [0.717, 1.165) is 18.5 Å². The van der Waals surface area contributed by atoms with Crippen molar-refractivity contribution in [2.45, 2.75) is 18.8 Å². The Morgan fingerprint density at radius 3 is 2.35 bits per heavy atom. The first-order chi connectivity index (χ1) is 8.31. The largest absolute Gasteiger partial charge is 0.394 e. The molecule has 0 spiro atoms. The van der Waals surface area contributed by atoms with E-state index in [1.165, 1.54) is 0 Å². The maximum Gasteiger partial charge on any atom is 0.158 e. The minimum Gasteiger partial charge on any atom is -0.394 e. The van der Waals surface area contributed by atoms with Gasteiger partial charge in [-0.3, -0.25) is 0 Å². The molecule has 1 atom stereocenters. The molecular formula is C13H21NO3. The molecule has 1 aromatic carbocycles. The normalized spacial score (nSPS) is 12.9. The van der Waals surface area contributed by atoms with Crippen molar-refractivity contribution < 1.29 is 14.6 Å². The van der Waals surface area contributed by atoms with Gasteiger partial charge in [0.15, 0.2) is 6.29 Å². The first kappa shape index (κ1) is 14.1. The molecule has 1 rings (SSSR count). The van der Waals surface area contributed by atoms with Crippen molar-refractivity contribution in [1.82, 2.24) is 5.32 Å². The highest BCUT2D eigenvalue weighted by atomic mass is 16.7. The Hall–Kier alpha value is -0.940. The van der Waals surface area contributed by atoms with Crippen LogP contribution in [-0.2, 0) is 9.47 Å². The van der Waals surface area contributed by atoms with Gasteiger partial charge in [0.1, 0.15) is 0 Å². The predicted molar refractivity (Wildman–Crippen MR) is 66.7 cm³/mol. The molecule has 1 aromatic rings. The van der Waals surface area contributed by atoms with Gasteiger partial charge in [-0.25, -0.2) is 0 Å². The molecule has 0 amide bonds. The summed E-state index contributed by atoms with van der Waals surface area (Å²) in [7, 11) is 3.24. The highest BCUT2D eigenvalue weighted by molar-refractivity contribution is 5.18. The smallest absolute Gasteiger partial charge is 0.158 e. The first-order valence-electron chi connectivity index (χ1n) is 5.76. The molecule has 4 heteroatoms. The first-order valence-corrected chi connectivity index (χ1v) is 5.76. The van der Waals surface area contributed by atoms with Gasteiger partial charge in [-0.2, -0.15) is 0 Å². The lowest BCUT2D eigenvalue weighted by Crippen LogP contribution is -2.28. The van der Waals surface area contributed by atoms with Crippen molar-refractivity contribution in [3.8, 4) is 0 Å². The van der Waals surface area contributed by atoms with Gasteiger partial charge in [-0.05, 0) is 5.56 Å². The van der Waals surface area contributed by atoms with Crippen LogP contribution in [0.25, 0.3) is 0 Å². The van der Waals surface area contributed by atoms with Crippen LogP contribution in [0.1, 0.15) is 18.0 Å². The average Bonchev–Trinajstić information content (AvgIpc) is 2.40. The number of benzene rings is 1. The van der Waals surface area contributed by atoms with E-state index in [-0.39, 0.29) is 18.9 Å². The Morgan fingerprint density at radius 1 is 1.18 bits per heavy atom. The minimum absolute atomic E-state index is 0.0365. The van der Waals surface area contributed by atoms with Crippen LogP contribution >= 0.6 is 0 Å². The van der Waals surface area contributed by atoms with Gasteiger partial charge in [-0.15, -0.1) is 0 Å². The Kier molecular flexibility index (Phi) is 6.81. The summed E-state index contributed by atoms with van der Waals surface area (Å²) in [5, 5.41) is 12.6. The monoisotopic (exact) mass is 239 g/mol. The molecule has 17 heavy (non-hydrogen) atoms. The number of aliphatic hydroxyl groups excluding tert-OH is 1. The molecule has 0 aliphatic heterocycles. The molecule has 0 fully saturated rings. The van der Waals surface area contributed by atoms with Crippen LogP contribution < -0.4 is 5.32 Å². The van der Waals surface area contributed by atoms with Crippen LogP contribution in [-0.4, -0.2) is 38.8 Å². The SMILES string of the molecule is COC(CCN[C@@H](CO)c1ccccc1)OC. The molecule has 0 aliphatic carbocycles. The summed E-state index contributed by atoms with van der Waals surface area (Å²) in [6, 6.07) is 9.85. The fourth-order valence-corrected chi connectivity index (χ4v) is 1.68. The fraction of sp³-hybridized carbons (Fsp3) is 0.538. The zero-order valence-corrected chi connectivity index (χ0v) is 10.4. The standard InChI is InChI=1S/C13H21NO3/c1-16-13(17-2)8-9-14-12(10-15)11-6-4-3-5-7-11/h3-7,12-15H,8-10H2,1-2H3/t12-/m0/s1. The molecule has 4 nitrogen and oxygen atoms in total. The molecule has 0 bridgehead atoms. The number of aliphatic hydroxyl groups is 1. The summed E-state index contributed by atoms with van der Waals surface area (Å²) in [6.07, 6.45) is 0.550. The fourth-order valence-electron chi connectivity index (χ4n) is 1.68. The molecule has 2 N–H and O–H groups in total. The zero-order chi connectivity index (χ0) is 12.5. The van der Waals surface area contributed by atoms with E-state index in [9.17, 15) is 5.11 Å². The van der Waals surface area contributed by atoms with Crippen LogP contribution in [0.5, 0.6) is 0 Å². The average molecular weight is 239 g/mol. The highest BCUT2D eigenvalue weighted by Gasteiger charge is 2.10. The van der Waals surface area contributed by atoms with Crippen LogP contribution in [0.15, 0.2) is 30.3 Å². The Morgan fingerprint density at radius 2 is 1.82 bits per heavy atom. The van der Waals surface area contributed by atoms with Gasteiger partial charge in [0.2, 0.25) is 0 Å². The molecule has 96 valence electrons. The number of nitrogens with one attached hydrogen (secondary N) is 1. The van der Waals surface area contributed by atoms with Crippen molar-refractivity contribution in [3.63, 3.8) is 0 Å². The van der Waals surface area contributed by atoms with Gasteiger partial charge in [-0.1, -0.05) is 30.3 Å². The second kappa shape index (κ2) is 8.20. The van der Waals surface area contributed by atoms with Gasteiger partial charge in [0, 0.05) is 27.2 Å². The van der Waals surface area contributed by atoms with E-state index in [4.69, 9.17) is 9.47 Å². The summed E-state index contributed by atoms with van der Waals surface area (Å²) >= 11 is 0. The van der Waals surface area contributed by atoms with Gasteiger partial charge < -0.3 is 19.9 Å². The summed E-state index contributed by atoms with van der Waals surface area (Å²) in [4.78, 5) is 0. The van der Waals surface area contributed by atoms with E-state index in [2.05, 4.69) is 5.32 Å². The summed E-state index contributed by atoms with van der Waals surface area (Å²) in [5.41, 5.74) is 1.08. The Bertz CT molecular complexity index is 288. The molecule has 0 radical (unpaired) electrons. The zero-order valence-electron chi connectivity index (χ0n) is 10.4. The Labute approximate surface area is 103 Å². The molecule has 0 saturated heterocycles. The number of methoxy groups -OCH3 is 2. The molecule has 0 heterocycles. The quantitative estimate of drug-likeness (QED) is 0.672. The van der Waals surface area contributed by atoms with Crippen LogP contribution in [0.2, 0.25) is 0 Å². The van der Waals surface area contributed by atoms with Crippen molar-refractivity contribution in [2.24, 2.45) is 0 Å². The maximum atomic E-state index is 9.33. The second-order valence-electron chi connectivity index (χ2n) is 3.79. The molecule has 0 aromatic heterocycles. The minimum atomic E-state index is -0.197. The third-order valence-corrected chi connectivity index (χ3v) is 2.68. The highest BCUT2D eigenvalue weighted by Crippen LogP contribution is 2.11. The number of ether oxygens (including phenoxy) is 2.